The average Bonchev–Trinajstić information content (AvgIpc) is 2.45. The van der Waals surface area contributed by atoms with E-state index in [-0.39, 0.29) is 6.61 Å². The maximum atomic E-state index is 9.15. The Morgan fingerprint density at radius 1 is 1.20 bits per heavy atom. The first-order chi connectivity index (χ1) is 9.60. The summed E-state index contributed by atoms with van der Waals surface area (Å²) in [5.74, 6) is 0. The molecule has 2 rings (SSSR count). The van der Waals surface area contributed by atoms with Crippen molar-refractivity contribution in [3.8, 4) is 0 Å². The van der Waals surface area contributed by atoms with E-state index in [0.717, 1.165) is 50.5 Å². The number of benzene rings is 1. The number of aliphatic hydroxyl groups is 1. The van der Waals surface area contributed by atoms with E-state index < -0.39 is 0 Å². The summed E-state index contributed by atoms with van der Waals surface area (Å²) in [4.78, 5) is 7.08. The van der Waals surface area contributed by atoms with Crippen LogP contribution in [0.4, 0.5) is 5.69 Å². The van der Waals surface area contributed by atoms with Gasteiger partial charge in [-0.1, -0.05) is 17.7 Å². The molecule has 0 aromatic heterocycles. The second-order valence-corrected chi connectivity index (χ2v) is 5.97. The lowest BCUT2D eigenvalue weighted by Gasteiger charge is -2.36. The lowest BCUT2D eigenvalue weighted by atomic mass is 10.2. The van der Waals surface area contributed by atoms with Crippen molar-refractivity contribution in [1.29, 1.82) is 0 Å². The molecule has 20 heavy (non-hydrogen) atoms. The van der Waals surface area contributed by atoms with E-state index in [9.17, 15) is 0 Å². The molecule has 112 valence electrons. The second kappa shape index (κ2) is 7.27. The van der Waals surface area contributed by atoms with Gasteiger partial charge in [-0.25, -0.2) is 0 Å². The van der Waals surface area contributed by atoms with Crippen LogP contribution >= 0.6 is 11.6 Å². The molecule has 1 N–H and O–H groups in total. The SMILES string of the molecule is CN(C)CCN1CCN(c2ccc(CO)c(Cl)c2)CC1. The number of rotatable bonds is 5. The number of anilines is 1. The molecule has 1 aromatic rings. The molecule has 0 radical (unpaired) electrons. The molecule has 0 aliphatic carbocycles. The van der Waals surface area contributed by atoms with Gasteiger partial charge in [0.15, 0.2) is 0 Å². The summed E-state index contributed by atoms with van der Waals surface area (Å²) >= 11 is 6.16. The molecule has 5 heteroatoms. The molecule has 4 nitrogen and oxygen atoms in total. The molecule has 0 bridgehead atoms. The van der Waals surface area contributed by atoms with E-state index >= 15 is 0 Å². The third kappa shape index (κ3) is 4.09. The number of halogens is 1. The average molecular weight is 298 g/mol. The molecular formula is C15H24ClN3O. The smallest absolute Gasteiger partial charge is 0.0696 e. The summed E-state index contributed by atoms with van der Waals surface area (Å²) in [5, 5.41) is 9.80. The number of hydrogen-bond acceptors (Lipinski definition) is 4. The number of hydrogen-bond donors (Lipinski definition) is 1. The minimum atomic E-state index is -0.00255. The first-order valence-corrected chi connectivity index (χ1v) is 7.49. The van der Waals surface area contributed by atoms with Gasteiger partial charge in [-0.2, -0.15) is 0 Å². The van der Waals surface area contributed by atoms with Crippen molar-refractivity contribution >= 4 is 17.3 Å². The summed E-state index contributed by atoms with van der Waals surface area (Å²) in [7, 11) is 4.22. The van der Waals surface area contributed by atoms with Gasteiger partial charge in [-0.15, -0.1) is 0 Å². The van der Waals surface area contributed by atoms with Gasteiger partial charge in [0.05, 0.1) is 6.61 Å². The zero-order chi connectivity index (χ0) is 14.5. The van der Waals surface area contributed by atoms with Gasteiger partial charge in [0.25, 0.3) is 0 Å². The molecule has 1 aromatic carbocycles. The summed E-state index contributed by atoms with van der Waals surface area (Å²) in [6.07, 6.45) is 0. The van der Waals surface area contributed by atoms with Crippen molar-refractivity contribution in [1.82, 2.24) is 9.80 Å². The number of nitrogens with zero attached hydrogens (tertiary/aromatic N) is 3. The van der Waals surface area contributed by atoms with Crippen LogP contribution in [-0.2, 0) is 6.61 Å². The topological polar surface area (TPSA) is 30.0 Å². The van der Waals surface area contributed by atoms with Gasteiger partial charge in [0, 0.05) is 50.0 Å². The zero-order valence-corrected chi connectivity index (χ0v) is 13.1. The van der Waals surface area contributed by atoms with Crippen molar-refractivity contribution in [3.05, 3.63) is 28.8 Å². The first kappa shape index (κ1) is 15.6. The molecule has 0 amide bonds. The first-order valence-electron chi connectivity index (χ1n) is 7.11. The van der Waals surface area contributed by atoms with Crippen molar-refractivity contribution in [3.63, 3.8) is 0 Å². The van der Waals surface area contributed by atoms with Crippen molar-refractivity contribution in [2.45, 2.75) is 6.61 Å². The van der Waals surface area contributed by atoms with E-state index in [1.165, 1.54) is 0 Å². The maximum Gasteiger partial charge on any atom is 0.0696 e. The van der Waals surface area contributed by atoms with Gasteiger partial charge >= 0.3 is 0 Å². The highest BCUT2D eigenvalue weighted by Gasteiger charge is 2.17. The predicted molar refractivity (Wildman–Crippen MR) is 84.6 cm³/mol. The zero-order valence-electron chi connectivity index (χ0n) is 12.3. The Morgan fingerprint density at radius 2 is 1.90 bits per heavy atom. The van der Waals surface area contributed by atoms with E-state index in [0.29, 0.717) is 5.02 Å². The second-order valence-electron chi connectivity index (χ2n) is 5.57. The highest BCUT2D eigenvalue weighted by atomic mass is 35.5. The van der Waals surface area contributed by atoms with Gasteiger partial charge in [0.2, 0.25) is 0 Å². The van der Waals surface area contributed by atoms with Gasteiger partial charge in [0.1, 0.15) is 0 Å². The lowest BCUT2D eigenvalue weighted by molar-refractivity contribution is 0.229. The molecule has 0 unspecified atom stereocenters. The Balaban J connectivity index is 1.88. The molecular weight excluding hydrogens is 274 g/mol. The third-order valence-corrected chi connectivity index (χ3v) is 4.16. The molecule has 0 spiro atoms. The predicted octanol–water partition coefficient (Wildman–Crippen LogP) is 1.52. The fourth-order valence-corrected chi connectivity index (χ4v) is 2.67. The van der Waals surface area contributed by atoms with Crippen molar-refractivity contribution in [2.75, 3.05) is 58.3 Å². The minimum Gasteiger partial charge on any atom is -0.392 e. The number of aliphatic hydroxyl groups excluding tert-OH is 1. The van der Waals surface area contributed by atoms with Crippen LogP contribution in [0.2, 0.25) is 5.02 Å². The van der Waals surface area contributed by atoms with Gasteiger partial charge in [-0.3, -0.25) is 4.90 Å². The quantitative estimate of drug-likeness (QED) is 0.892. The summed E-state index contributed by atoms with van der Waals surface area (Å²) in [6.45, 7) is 6.48. The Hall–Kier alpha value is -0.810. The van der Waals surface area contributed by atoms with E-state index in [2.05, 4.69) is 28.8 Å². The molecule has 1 aliphatic heterocycles. The van der Waals surface area contributed by atoms with Gasteiger partial charge < -0.3 is 14.9 Å². The molecule has 1 heterocycles. The highest BCUT2D eigenvalue weighted by molar-refractivity contribution is 6.31. The lowest BCUT2D eigenvalue weighted by Crippen LogP contribution is -2.48. The Labute approximate surface area is 126 Å². The van der Waals surface area contributed by atoms with Crippen LogP contribution in [0, 0.1) is 0 Å². The van der Waals surface area contributed by atoms with E-state index in [1.54, 1.807) is 0 Å². The fraction of sp³-hybridized carbons (Fsp3) is 0.600. The Morgan fingerprint density at radius 3 is 2.45 bits per heavy atom. The fourth-order valence-electron chi connectivity index (χ4n) is 2.43. The third-order valence-electron chi connectivity index (χ3n) is 3.81. The Kier molecular flexibility index (Phi) is 5.66. The van der Waals surface area contributed by atoms with Crippen LogP contribution < -0.4 is 4.90 Å². The Bertz CT molecular complexity index is 431. The largest absolute Gasteiger partial charge is 0.392 e. The van der Waals surface area contributed by atoms with E-state index in [4.69, 9.17) is 16.7 Å². The molecule has 1 aliphatic rings. The summed E-state index contributed by atoms with van der Waals surface area (Å²) < 4.78 is 0. The molecule has 1 fully saturated rings. The molecule has 0 atom stereocenters. The standard InChI is InChI=1S/C15H24ClN3O/c1-17(2)5-6-18-7-9-19(10-8-18)14-4-3-13(12-20)15(16)11-14/h3-4,11,20H,5-10,12H2,1-2H3. The van der Waals surface area contributed by atoms with Crippen LogP contribution in [0.1, 0.15) is 5.56 Å². The summed E-state index contributed by atoms with van der Waals surface area (Å²) in [6, 6.07) is 5.92. The minimum absolute atomic E-state index is 0.00255. The van der Waals surface area contributed by atoms with Crippen LogP contribution in [-0.4, -0.2) is 68.3 Å². The highest BCUT2D eigenvalue weighted by Crippen LogP contribution is 2.24. The van der Waals surface area contributed by atoms with Crippen LogP contribution in [0.15, 0.2) is 18.2 Å². The number of likely N-dealkylation sites (N-methyl/N-ethyl adjacent to an activating group) is 1. The molecule has 1 saturated heterocycles. The monoisotopic (exact) mass is 297 g/mol. The molecule has 0 saturated carbocycles. The maximum absolute atomic E-state index is 9.15. The number of piperazine rings is 1. The van der Waals surface area contributed by atoms with Crippen LogP contribution in [0.25, 0.3) is 0 Å². The van der Waals surface area contributed by atoms with Crippen LogP contribution in [0.3, 0.4) is 0 Å². The van der Waals surface area contributed by atoms with Gasteiger partial charge in [-0.05, 0) is 31.8 Å². The van der Waals surface area contributed by atoms with E-state index in [1.807, 2.05) is 18.2 Å². The van der Waals surface area contributed by atoms with Crippen molar-refractivity contribution in [2.24, 2.45) is 0 Å². The van der Waals surface area contributed by atoms with Crippen LogP contribution in [0.5, 0.6) is 0 Å². The summed E-state index contributed by atoms with van der Waals surface area (Å²) in [5.41, 5.74) is 1.94. The van der Waals surface area contributed by atoms with Crippen molar-refractivity contribution < 1.29 is 5.11 Å². The normalized spacial score (nSPS) is 16.9.